The van der Waals surface area contributed by atoms with Crippen LogP contribution in [0.25, 0.3) is 0 Å². The second-order valence-electron chi connectivity index (χ2n) is 8.12. The molecule has 1 N–H and O–H groups in total. The first-order chi connectivity index (χ1) is 16.5. The summed E-state index contributed by atoms with van der Waals surface area (Å²) in [6, 6.07) is 16.6. The molecule has 0 aromatic heterocycles. The highest BCUT2D eigenvalue weighted by Gasteiger charge is 2.79. The Hall–Kier alpha value is -4.27. The maximum absolute atomic E-state index is 12.6. The number of ether oxygens (including phenoxy) is 4. The van der Waals surface area contributed by atoms with E-state index in [4.69, 9.17) is 19.6 Å². The number of hydrogen-bond donors (Lipinski definition) is 1. The molecule has 2 heterocycles. The number of benzene rings is 2. The molecular weight excluding hydrogens is 465 g/mol. The zero-order chi connectivity index (χ0) is 25.6. The first kappa shape index (κ1) is 23.9. The summed E-state index contributed by atoms with van der Waals surface area (Å²) in [6.07, 6.45) is -6.37. The smallest absolute Gasteiger partial charge is 0.497 e. The molecule has 0 aliphatic carbocycles. The Morgan fingerprint density at radius 1 is 0.943 bits per heavy atom. The Kier molecular flexibility index (Phi) is 5.39. The molecule has 2 saturated heterocycles. The Bertz CT molecular complexity index is 1280. The van der Waals surface area contributed by atoms with Crippen LogP contribution >= 0.6 is 0 Å². The monoisotopic (exact) mass is 482 g/mol. The van der Waals surface area contributed by atoms with Crippen molar-refractivity contribution in [3.63, 3.8) is 0 Å². The van der Waals surface area contributed by atoms with E-state index in [1.165, 1.54) is 19.2 Å². The minimum Gasteiger partial charge on any atom is -0.497 e. The number of nitrogens with zero attached hydrogens (tertiary/aromatic N) is 3. The average molecular weight is 482 g/mol. The molecule has 2 aromatic rings. The van der Waals surface area contributed by atoms with Crippen LogP contribution in [0.1, 0.15) is 24.2 Å². The quantitative estimate of drug-likeness (QED) is 0.668. The van der Waals surface area contributed by atoms with E-state index < -0.39 is 46.6 Å². The van der Waals surface area contributed by atoms with E-state index in [0.717, 1.165) is 12.1 Å². The third kappa shape index (κ3) is 3.18. The molecule has 2 aromatic carbocycles. The number of fused-ring (bicyclic) bond motifs is 2. The second kappa shape index (κ2) is 7.90. The van der Waals surface area contributed by atoms with E-state index in [2.05, 4.69) is 4.74 Å². The van der Waals surface area contributed by atoms with E-state index >= 15 is 0 Å². The van der Waals surface area contributed by atoms with Crippen LogP contribution in [-0.2, 0) is 15.3 Å². The van der Waals surface area contributed by atoms with Crippen molar-refractivity contribution >= 4 is 5.90 Å². The minimum atomic E-state index is -4.91. The molecule has 4 unspecified atom stereocenters. The van der Waals surface area contributed by atoms with Crippen LogP contribution in [0.4, 0.5) is 13.2 Å². The number of alkyl halides is 3. The van der Waals surface area contributed by atoms with Gasteiger partial charge in [-0.25, -0.2) is 0 Å². The van der Waals surface area contributed by atoms with Gasteiger partial charge in [-0.1, -0.05) is 19.1 Å². The summed E-state index contributed by atoms with van der Waals surface area (Å²) in [6.45, 7) is 1.55. The Balaban J connectivity index is 1.91. The normalized spacial score (nSPS) is 28.7. The van der Waals surface area contributed by atoms with Gasteiger partial charge >= 0.3 is 6.36 Å². The molecule has 178 valence electrons. The van der Waals surface area contributed by atoms with Crippen molar-refractivity contribution in [3.8, 4) is 29.7 Å². The van der Waals surface area contributed by atoms with Crippen molar-refractivity contribution in [2.24, 2.45) is 16.7 Å². The zero-order valence-corrected chi connectivity index (χ0v) is 18.4. The topological polar surface area (TPSA) is 132 Å². The molecule has 2 aliphatic heterocycles. The number of halogens is 3. The molecular formula is C24H17F3N4O4. The van der Waals surface area contributed by atoms with Crippen LogP contribution in [0, 0.1) is 56.2 Å². The fourth-order valence-electron chi connectivity index (χ4n) is 4.84. The molecule has 0 spiro atoms. The van der Waals surface area contributed by atoms with Gasteiger partial charge in [0.25, 0.3) is 0 Å². The summed E-state index contributed by atoms with van der Waals surface area (Å²) in [4.78, 5) is 0. The maximum atomic E-state index is 12.6. The number of nitrogens with one attached hydrogen (secondary N) is 1. The highest BCUT2D eigenvalue weighted by molar-refractivity contribution is 5.89. The Labute approximate surface area is 198 Å². The molecule has 2 bridgehead atoms. The first-order valence-corrected chi connectivity index (χ1v) is 10.2. The molecule has 2 fully saturated rings. The second-order valence-corrected chi connectivity index (χ2v) is 8.12. The van der Waals surface area contributed by atoms with Crippen molar-refractivity contribution in [2.45, 2.75) is 25.2 Å². The van der Waals surface area contributed by atoms with Crippen molar-refractivity contribution < 1.29 is 32.1 Å². The lowest BCUT2D eigenvalue weighted by molar-refractivity contribution is -0.288. The van der Waals surface area contributed by atoms with Gasteiger partial charge in [-0.05, 0) is 42.0 Å². The number of methoxy groups -OCH3 is 1. The largest absolute Gasteiger partial charge is 0.573 e. The summed E-state index contributed by atoms with van der Waals surface area (Å²) in [7, 11) is 1.48. The summed E-state index contributed by atoms with van der Waals surface area (Å²) < 4.78 is 59.0. The van der Waals surface area contributed by atoms with Gasteiger partial charge in [0, 0.05) is 5.56 Å². The molecule has 11 heteroatoms. The van der Waals surface area contributed by atoms with Gasteiger partial charge in [0.05, 0.1) is 31.2 Å². The molecule has 0 saturated carbocycles. The van der Waals surface area contributed by atoms with E-state index in [9.17, 15) is 29.0 Å². The zero-order valence-electron chi connectivity index (χ0n) is 18.4. The molecule has 0 radical (unpaired) electrons. The van der Waals surface area contributed by atoms with Gasteiger partial charge < -0.3 is 18.9 Å². The van der Waals surface area contributed by atoms with Crippen molar-refractivity contribution in [1.29, 1.82) is 21.2 Å². The van der Waals surface area contributed by atoms with Crippen molar-refractivity contribution in [1.82, 2.24) is 0 Å². The van der Waals surface area contributed by atoms with Crippen LogP contribution in [0.2, 0.25) is 0 Å². The lowest BCUT2D eigenvalue weighted by Crippen LogP contribution is -2.57. The standard InChI is InChI=1S/C24H17F3N4O4/c1-14-22(13-30)20(31)35-23(14,16-5-9-17(32-2)10-6-16)34-19(21(22,11-28)12-29)15-3-7-18(8-4-15)33-24(25,26)27/h3-10,14,19,31H,1-2H3. The van der Waals surface area contributed by atoms with E-state index in [-0.39, 0.29) is 5.56 Å². The molecule has 0 amide bonds. The highest BCUT2D eigenvalue weighted by atomic mass is 19.4. The summed E-state index contributed by atoms with van der Waals surface area (Å²) in [5, 5.41) is 39.3. The fraction of sp³-hybridized carbons (Fsp3) is 0.333. The number of hydrogen-bond acceptors (Lipinski definition) is 8. The number of nitriles is 3. The average Bonchev–Trinajstić information content (AvgIpc) is 3.00. The van der Waals surface area contributed by atoms with Crippen LogP contribution in [-0.4, -0.2) is 19.4 Å². The molecule has 35 heavy (non-hydrogen) atoms. The minimum absolute atomic E-state index is 0.130. The summed E-state index contributed by atoms with van der Waals surface area (Å²) >= 11 is 0. The summed E-state index contributed by atoms with van der Waals surface area (Å²) in [5.41, 5.74) is -3.76. The Morgan fingerprint density at radius 3 is 2.00 bits per heavy atom. The highest BCUT2D eigenvalue weighted by Crippen LogP contribution is 2.69. The van der Waals surface area contributed by atoms with Crippen LogP contribution in [0.15, 0.2) is 48.5 Å². The molecule has 4 rings (SSSR count). The predicted octanol–water partition coefficient (Wildman–Crippen LogP) is 4.71. The molecule has 2 aliphatic rings. The molecule has 8 nitrogen and oxygen atoms in total. The SMILES string of the molecule is COc1ccc(C23OC(=N)C(C#N)(C2C)C(C#N)(C#N)C(c2ccc(OC(F)(F)F)cc2)O3)cc1. The van der Waals surface area contributed by atoms with Gasteiger partial charge in [0.15, 0.2) is 5.41 Å². The fourth-order valence-corrected chi connectivity index (χ4v) is 4.84. The Morgan fingerprint density at radius 2 is 1.51 bits per heavy atom. The third-order valence-electron chi connectivity index (χ3n) is 6.58. The predicted molar refractivity (Wildman–Crippen MR) is 111 cm³/mol. The van der Waals surface area contributed by atoms with Gasteiger partial charge in [-0.3, -0.25) is 5.41 Å². The first-order valence-electron chi connectivity index (χ1n) is 10.2. The van der Waals surface area contributed by atoms with Crippen LogP contribution < -0.4 is 9.47 Å². The van der Waals surface area contributed by atoms with Crippen LogP contribution in [0.3, 0.4) is 0 Å². The van der Waals surface area contributed by atoms with E-state index in [0.29, 0.717) is 11.3 Å². The van der Waals surface area contributed by atoms with Crippen molar-refractivity contribution in [3.05, 3.63) is 59.7 Å². The summed E-state index contributed by atoms with van der Waals surface area (Å²) in [5.74, 6) is -3.32. The van der Waals surface area contributed by atoms with Crippen LogP contribution in [0.5, 0.6) is 11.5 Å². The van der Waals surface area contributed by atoms with Gasteiger partial charge in [-0.2, -0.15) is 15.8 Å². The maximum Gasteiger partial charge on any atom is 0.573 e. The van der Waals surface area contributed by atoms with Gasteiger partial charge in [-0.15, -0.1) is 13.2 Å². The van der Waals surface area contributed by atoms with E-state index in [1.807, 2.05) is 18.2 Å². The van der Waals surface area contributed by atoms with Gasteiger partial charge in [0.1, 0.15) is 17.6 Å². The van der Waals surface area contributed by atoms with Gasteiger partial charge in [0.2, 0.25) is 17.1 Å². The van der Waals surface area contributed by atoms with Crippen molar-refractivity contribution in [2.75, 3.05) is 7.11 Å². The number of rotatable bonds is 4. The molecule has 4 atom stereocenters. The lowest BCUT2D eigenvalue weighted by atomic mass is 9.53. The third-order valence-corrected chi connectivity index (χ3v) is 6.58. The van der Waals surface area contributed by atoms with E-state index in [1.54, 1.807) is 31.2 Å². The lowest BCUT2D eigenvalue weighted by Gasteiger charge is -2.48.